The molecule has 1 rings (SSSR count). The molecule has 3 N–H and O–H groups in total. The van der Waals surface area contributed by atoms with Crippen molar-refractivity contribution >= 4 is 5.91 Å². The van der Waals surface area contributed by atoms with Crippen LogP contribution in [0.4, 0.5) is 0 Å². The van der Waals surface area contributed by atoms with E-state index in [1.807, 2.05) is 0 Å². The monoisotopic (exact) mass is 240 g/mol. The number of nitrogens with two attached hydrogens (primary N) is 1. The number of rotatable bonds is 5. The Kier molecular flexibility index (Phi) is 5.96. The number of carbonyl (C=O) groups is 1. The summed E-state index contributed by atoms with van der Waals surface area (Å²) in [6, 6.07) is 0. The lowest BCUT2D eigenvalue weighted by molar-refractivity contribution is -0.126. The minimum Gasteiger partial charge on any atom is -0.356 e. The van der Waals surface area contributed by atoms with E-state index in [2.05, 4.69) is 26.1 Å². The third-order valence-electron chi connectivity index (χ3n) is 4.29. The number of hydrogen-bond acceptors (Lipinski definition) is 2. The molecule has 0 heterocycles. The summed E-state index contributed by atoms with van der Waals surface area (Å²) >= 11 is 0. The molecule has 3 heteroatoms. The first-order valence-corrected chi connectivity index (χ1v) is 7.02. The van der Waals surface area contributed by atoms with Crippen LogP contribution >= 0.6 is 0 Å². The Balaban J connectivity index is 2.25. The van der Waals surface area contributed by atoms with Crippen molar-refractivity contribution in [3.8, 4) is 0 Å². The molecule has 3 nitrogen and oxygen atoms in total. The number of amides is 1. The quantitative estimate of drug-likeness (QED) is 0.773. The lowest BCUT2D eigenvalue weighted by Crippen LogP contribution is -2.37. The molecule has 0 bridgehead atoms. The van der Waals surface area contributed by atoms with E-state index in [-0.39, 0.29) is 11.8 Å². The summed E-state index contributed by atoms with van der Waals surface area (Å²) in [6.07, 6.45) is 4.27. The van der Waals surface area contributed by atoms with E-state index in [1.165, 1.54) is 0 Å². The smallest absolute Gasteiger partial charge is 0.223 e. The third kappa shape index (κ3) is 4.66. The topological polar surface area (TPSA) is 55.1 Å². The van der Waals surface area contributed by atoms with Crippen LogP contribution in [-0.2, 0) is 4.79 Å². The van der Waals surface area contributed by atoms with Gasteiger partial charge in [0.25, 0.3) is 0 Å². The van der Waals surface area contributed by atoms with Gasteiger partial charge in [-0.3, -0.25) is 4.79 Å². The van der Waals surface area contributed by atoms with Crippen LogP contribution in [0.1, 0.15) is 46.5 Å². The predicted octanol–water partition coefficient (Wildman–Crippen LogP) is 2.16. The molecule has 1 aliphatic rings. The maximum Gasteiger partial charge on any atom is 0.223 e. The Morgan fingerprint density at radius 2 is 1.82 bits per heavy atom. The van der Waals surface area contributed by atoms with E-state index in [4.69, 9.17) is 5.73 Å². The van der Waals surface area contributed by atoms with Crippen LogP contribution in [0.3, 0.4) is 0 Å². The van der Waals surface area contributed by atoms with Gasteiger partial charge in [0.2, 0.25) is 5.91 Å². The van der Waals surface area contributed by atoms with Crippen molar-refractivity contribution in [3.05, 3.63) is 0 Å². The largest absolute Gasteiger partial charge is 0.356 e. The molecule has 17 heavy (non-hydrogen) atoms. The lowest BCUT2D eigenvalue weighted by Gasteiger charge is -2.27. The SMILES string of the molecule is CC(C)C(C)CNC(=O)C1CCC(CN)CC1. The molecule has 100 valence electrons. The molecule has 0 aromatic carbocycles. The molecule has 0 saturated heterocycles. The van der Waals surface area contributed by atoms with E-state index in [0.29, 0.717) is 17.8 Å². The van der Waals surface area contributed by atoms with E-state index in [1.54, 1.807) is 0 Å². The highest BCUT2D eigenvalue weighted by Gasteiger charge is 2.25. The molecule has 1 fully saturated rings. The Morgan fingerprint density at radius 1 is 1.24 bits per heavy atom. The summed E-state index contributed by atoms with van der Waals surface area (Å²) in [4.78, 5) is 12.0. The summed E-state index contributed by atoms with van der Waals surface area (Å²) < 4.78 is 0. The van der Waals surface area contributed by atoms with E-state index in [9.17, 15) is 4.79 Å². The van der Waals surface area contributed by atoms with Gasteiger partial charge in [0.1, 0.15) is 0 Å². The van der Waals surface area contributed by atoms with Gasteiger partial charge in [-0.05, 0) is 50.0 Å². The van der Waals surface area contributed by atoms with Crippen molar-refractivity contribution in [1.29, 1.82) is 0 Å². The average Bonchev–Trinajstić information content (AvgIpc) is 2.35. The van der Waals surface area contributed by atoms with Crippen LogP contribution in [0, 0.1) is 23.7 Å². The molecule has 0 radical (unpaired) electrons. The van der Waals surface area contributed by atoms with Crippen molar-refractivity contribution in [2.75, 3.05) is 13.1 Å². The second-order valence-corrected chi connectivity index (χ2v) is 5.92. The molecular formula is C14H28N2O. The van der Waals surface area contributed by atoms with Crippen molar-refractivity contribution in [2.24, 2.45) is 29.4 Å². The summed E-state index contributed by atoms with van der Waals surface area (Å²) in [5, 5.41) is 3.10. The van der Waals surface area contributed by atoms with E-state index >= 15 is 0 Å². The van der Waals surface area contributed by atoms with Crippen molar-refractivity contribution < 1.29 is 4.79 Å². The summed E-state index contributed by atoms with van der Waals surface area (Å²) in [7, 11) is 0. The van der Waals surface area contributed by atoms with E-state index in [0.717, 1.165) is 38.8 Å². The standard InChI is InChI=1S/C14H28N2O/c1-10(2)11(3)9-16-14(17)13-6-4-12(8-15)5-7-13/h10-13H,4-9,15H2,1-3H3,(H,16,17). The summed E-state index contributed by atoms with van der Waals surface area (Å²) in [5.74, 6) is 2.32. The summed E-state index contributed by atoms with van der Waals surface area (Å²) in [6.45, 7) is 8.18. The first-order chi connectivity index (χ1) is 8.04. The second kappa shape index (κ2) is 7.00. The van der Waals surface area contributed by atoms with Crippen LogP contribution in [0.5, 0.6) is 0 Å². The van der Waals surface area contributed by atoms with Crippen LogP contribution in [-0.4, -0.2) is 19.0 Å². The van der Waals surface area contributed by atoms with Gasteiger partial charge in [-0.25, -0.2) is 0 Å². The molecule has 1 atom stereocenters. The minimum atomic E-state index is 0.233. The van der Waals surface area contributed by atoms with Gasteiger partial charge in [0.05, 0.1) is 0 Å². The highest BCUT2D eigenvalue weighted by Crippen LogP contribution is 2.28. The van der Waals surface area contributed by atoms with Crippen LogP contribution in [0.2, 0.25) is 0 Å². The van der Waals surface area contributed by atoms with Crippen LogP contribution < -0.4 is 11.1 Å². The zero-order chi connectivity index (χ0) is 12.8. The highest BCUT2D eigenvalue weighted by molar-refractivity contribution is 5.78. The van der Waals surface area contributed by atoms with Gasteiger partial charge < -0.3 is 11.1 Å². The molecule has 0 spiro atoms. The van der Waals surface area contributed by atoms with Gasteiger partial charge in [0.15, 0.2) is 0 Å². The molecular weight excluding hydrogens is 212 g/mol. The zero-order valence-electron chi connectivity index (χ0n) is 11.5. The Labute approximate surface area is 106 Å². The summed E-state index contributed by atoms with van der Waals surface area (Å²) in [5.41, 5.74) is 5.66. The fraction of sp³-hybridized carbons (Fsp3) is 0.929. The van der Waals surface area contributed by atoms with Gasteiger partial charge in [-0.15, -0.1) is 0 Å². The molecule has 0 aromatic rings. The normalized spacial score (nSPS) is 26.9. The molecule has 1 saturated carbocycles. The first-order valence-electron chi connectivity index (χ1n) is 7.02. The molecule has 1 unspecified atom stereocenters. The highest BCUT2D eigenvalue weighted by atomic mass is 16.1. The fourth-order valence-corrected chi connectivity index (χ4v) is 2.30. The van der Waals surface area contributed by atoms with Crippen molar-refractivity contribution in [1.82, 2.24) is 5.32 Å². The Morgan fingerprint density at radius 3 is 2.29 bits per heavy atom. The third-order valence-corrected chi connectivity index (χ3v) is 4.29. The van der Waals surface area contributed by atoms with Crippen LogP contribution in [0.25, 0.3) is 0 Å². The fourth-order valence-electron chi connectivity index (χ4n) is 2.30. The maximum atomic E-state index is 12.0. The van der Waals surface area contributed by atoms with Crippen LogP contribution in [0.15, 0.2) is 0 Å². The second-order valence-electron chi connectivity index (χ2n) is 5.92. The zero-order valence-corrected chi connectivity index (χ0v) is 11.5. The van der Waals surface area contributed by atoms with Gasteiger partial charge in [-0.2, -0.15) is 0 Å². The Bertz CT molecular complexity index is 232. The van der Waals surface area contributed by atoms with E-state index < -0.39 is 0 Å². The molecule has 0 aromatic heterocycles. The lowest BCUT2D eigenvalue weighted by atomic mass is 9.81. The van der Waals surface area contributed by atoms with Crippen molar-refractivity contribution in [3.63, 3.8) is 0 Å². The van der Waals surface area contributed by atoms with Gasteiger partial charge in [-0.1, -0.05) is 20.8 Å². The number of nitrogens with one attached hydrogen (secondary N) is 1. The first kappa shape index (κ1) is 14.5. The molecule has 1 amide bonds. The van der Waals surface area contributed by atoms with Gasteiger partial charge in [0, 0.05) is 12.5 Å². The number of carbonyl (C=O) groups excluding carboxylic acids is 1. The average molecular weight is 240 g/mol. The number of hydrogen-bond donors (Lipinski definition) is 2. The molecule has 0 aliphatic heterocycles. The van der Waals surface area contributed by atoms with Crippen molar-refractivity contribution in [2.45, 2.75) is 46.5 Å². The molecule has 1 aliphatic carbocycles. The minimum absolute atomic E-state index is 0.233. The van der Waals surface area contributed by atoms with Gasteiger partial charge >= 0.3 is 0 Å². The Hall–Kier alpha value is -0.570. The maximum absolute atomic E-state index is 12.0. The predicted molar refractivity (Wildman–Crippen MR) is 71.5 cm³/mol.